The van der Waals surface area contributed by atoms with Gasteiger partial charge in [0.1, 0.15) is 24.0 Å². The van der Waals surface area contributed by atoms with Gasteiger partial charge in [-0.25, -0.2) is 8.78 Å². The van der Waals surface area contributed by atoms with E-state index >= 15 is 0 Å². The highest BCUT2D eigenvalue weighted by molar-refractivity contribution is 5.30. The smallest absolute Gasteiger partial charge is 0.141 e. The summed E-state index contributed by atoms with van der Waals surface area (Å²) in [5, 5.41) is 2.97. The lowest BCUT2D eigenvalue weighted by Crippen LogP contribution is -2.13. The Kier molecular flexibility index (Phi) is 4.63. The molecule has 2 aromatic rings. The Morgan fingerprint density at radius 1 is 1.25 bits per heavy atom. The molecule has 1 N–H and O–H groups in total. The van der Waals surface area contributed by atoms with Gasteiger partial charge < -0.3 is 10.1 Å². The molecule has 0 saturated carbocycles. The van der Waals surface area contributed by atoms with Crippen LogP contribution in [0.2, 0.25) is 0 Å². The van der Waals surface area contributed by atoms with Gasteiger partial charge >= 0.3 is 0 Å². The van der Waals surface area contributed by atoms with E-state index in [1.54, 1.807) is 19.2 Å². The summed E-state index contributed by atoms with van der Waals surface area (Å²) in [6, 6.07) is 5.96. The molecule has 5 heteroatoms. The van der Waals surface area contributed by atoms with Gasteiger partial charge in [-0.1, -0.05) is 6.07 Å². The number of nitrogens with zero attached hydrogens (tertiary/aromatic N) is 1. The number of halogens is 2. The topological polar surface area (TPSA) is 34.1 Å². The summed E-state index contributed by atoms with van der Waals surface area (Å²) in [6.07, 6.45) is 2.63. The molecule has 0 radical (unpaired) electrons. The number of hydrogen-bond donors (Lipinski definition) is 1. The highest BCUT2D eigenvalue weighted by atomic mass is 19.1. The van der Waals surface area contributed by atoms with Crippen LogP contribution in [0.15, 0.2) is 36.7 Å². The van der Waals surface area contributed by atoms with Crippen LogP contribution in [0.5, 0.6) is 5.75 Å². The summed E-state index contributed by atoms with van der Waals surface area (Å²) in [6.45, 7) is 2.02. The number of aromatic nitrogens is 1. The second-order valence-electron chi connectivity index (χ2n) is 4.49. The van der Waals surface area contributed by atoms with Crippen LogP contribution in [0.25, 0.3) is 0 Å². The lowest BCUT2D eigenvalue weighted by molar-refractivity contribution is 0.303. The minimum Gasteiger partial charge on any atom is -0.489 e. The third kappa shape index (κ3) is 3.51. The van der Waals surface area contributed by atoms with Crippen molar-refractivity contribution in [2.75, 3.05) is 7.05 Å². The standard InChI is InChI=1S/C15H16F2N2O/c1-10(18-2)14-4-3-13(6-15(14)17)20-9-11-5-12(16)8-19-7-11/h3-8,10,18H,9H2,1-2H3. The van der Waals surface area contributed by atoms with Gasteiger partial charge in [0.2, 0.25) is 0 Å². The Labute approximate surface area is 116 Å². The molecule has 1 unspecified atom stereocenters. The van der Waals surface area contributed by atoms with Crippen LogP contribution in [-0.2, 0) is 6.61 Å². The molecular formula is C15H16F2N2O. The average Bonchev–Trinajstić information content (AvgIpc) is 2.44. The van der Waals surface area contributed by atoms with Crippen LogP contribution in [0.4, 0.5) is 8.78 Å². The van der Waals surface area contributed by atoms with E-state index in [0.717, 1.165) is 6.20 Å². The first-order valence-electron chi connectivity index (χ1n) is 6.29. The van der Waals surface area contributed by atoms with E-state index in [9.17, 15) is 8.78 Å². The summed E-state index contributed by atoms with van der Waals surface area (Å²) >= 11 is 0. The SMILES string of the molecule is CNC(C)c1ccc(OCc2cncc(F)c2)cc1F. The van der Waals surface area contributed by atoms with Crippen molar-refractivity contribution in [3.8, 4) is 5.75 Å². The van der Waals surface area contributed by atoms with E-state index in [2.05, 4.69) is 10.3 Å². The first-order chi connectivity index (χ1) is 9.60. The van der Waals surface area contributed by atoms with Crippen LogP contribution < -0.4 is 10.1 Å². The highest BCUT2D eigenvalue weighted by Gasteiger charge is 2.10. The predicted molar refractivity (Wildman–Crippen MR) is 72.4 cm³/mol. The second-order valence-corrected chi connectivity index (χ2v) is 4.49. The summed E-state index contributed by atoms with van der Waals surface area (Å²) < 4.78 is 32.3. The summed E-state index contributed by atoms with van der Waals surface area (Å²) in [5.41, 5.74) is 1.17. The molecule has 106 valence electrons. The van der Waals surface area contributed by atoms with E-state index < -0.39 is 5.82 Å². The van der Waals surface area contributed by atoms with Crippen molar-refractivity contribution in [1.29, 1.82) is 0 Å². The number of pyridine rings is 1. The highest BCUT2D eigenvalue weighted by Crippen LogP contribution is 2.22. The molecular weight excluding hydrogens is 262 g/mol. The second kappa shape index (κ2) is 6.43. The molecule has 0 aliphatic rings. The fourth-order valence-electron chi connectivity index (χ4n) is 1.81. The molecule has 0 bridgehead atoms. The first kappa shape index (κ1) is 14.4. The Morgan fingerprint density at radius 3 is 2.70 bits per heavy atom. The molecule has 0 spiro atoms. The molecule has 0 aliphatic heterocycles. The van der Waals surface area contributed by atoms with Gasteiger partial charge in [-0.3, -0.25) is 4.98 Å². The molecule has 20 heavy (non-hydrogen) atoms. The molecule has 0 fully saturated rings. The largest absolute Gasteiger partial charge is 0.489 e. The fraction of sp³-hybridized carbons (Fsp3) is 0.267. The molecule has 1 aromatic carbocycles. The molecule has 0 saturated heterocycles. The van der Waals surface area contributed by atoms with Crippen molar-refractivity contribution in [3.05, 3.63) is 59.4 Å². The number of hydrogen-bond acceptors (Lipinski definition) is 3. The van der Waals surface area contributed by atoms with Crippen molar-refractivity contribution >= 4 is 0 Å². The molecule has 0 amide bonds. The van der Waals surface area contributed by atoms with E-state index in [1.807, 2.05) is 6.92 Å². The fourth-order valence-corrected chi connectivity index (χ4v) is 1.81. The van der Waals surface area contributed by atoms with E-state index in [-0.39, 0.29) is 18.5 Å². The minimum absolute atomic E-state index is 0.0727. The number of nitrogens with one attached hydrogen (secondary N) is 1. The van der Waals surface area contributed by atoms with E-state index in [0.29, 0.717) is 16.9 Å². The van der Waals surface area contributed by atoms with Crippen LogP contribution >= 0.6 is 0 Å². The van der Waals surface area contributed by atoms with Crippen LogP contribution in [0, 0.1) is 11.6 Å². The van der Waals surface area contributed by atoms with Crippen molar-refractivity contribution in [1.82, 2.24) is 10.3 Å². The first-order valence-corrected chi connectivity index (χ1v) is 6.29. The summed E-state index contributed by atoms with van der Waals surface area (Å²) in [5.74, 6) is -0.351. The Morgan fingerprint density at radius 2 is 2.05 bits per heavy atom. The molecule has 0 aliphatic carbocycles. The van der Waals surface area contributed by atoms with Crippen LogP contribution in [0.3, 0.4) is 0 Å². The van der Waals surface area contributed by atoms with Crippen molar-refractivity contribution in [3.63, 3.8) is 0 Å². The van der Waals surface area contributed by atoms with Crippen LogP contribution in [-0.4, -0.2) is 12.0 Å². The normalized spacial score (nSPS) is 12.2. The average molecular weight is 278 g/mol. The van der Waals surface area contributed by atoms with Gasteiger partial charge in [-0.05, 0) is 26.1 Å². The molecule has 2 rings (SSSR count). The quantitative estimate of drug-likeness (QED) is 0.912. The van der Waals surface area contributed by atoms with Crippen molar-refractivity contribution in [2.24, 2.45) is 0 Å². The van der Waals surface area contributed by atoms with Crippen molar-refractivity contribution < 1.29 is 13.5 Å². The van der Waals surface area contributed by atoms with Gasteiger partial charge in [0, 0.05) is 29.4 Å². The Hall–Kier alpha value is -2.01. The van der Waals surface area contributed by atoms with Crippen molar-refractivity contribution in [2.45, 2.75) is 19.6 Å². The zero-order chi connectivity index (χ0) is 14.5. The van der Waals surface area contributed by atoms with Gasteiger partial charge in [0.25, 0.3) is 0 Å². The lowest BCUT2D eigenvalue weighted by Gasteiger charge is -2.13. The Balaban J connectivity index is 2.05. The van der Waals surface area contributed by atoms with Crippen LogP contribution in [0.1, 0.15) is 24.1 Å². The molecule has 1 atom stereocenters. The van der Waals surface area contributed by atoms with Gasteiger partial charge in [0.15, 0.2) is 0 Å². The Bertz CT molecular complexity index is 590. The maximum atomic E-state index is 13.9. The van der Waals surface area contributed by atoms with Gasteiger partial charge in [-0.2, -0.15) is 0 Å². The summed E-state index contributed by atoms with van der Waals surface area (Å²) in [4.78, 5) is 3.73. The van der Waals surface area contributed by atoms with Gasteiger partial charge in [0.05, 0.1) is 6.20 Å². The van der Waals surface area contributed by atoms with Gasteiger partial charge in [-0.15, -0.1) is 0 Å². The molecule has 3 nitrogen and oxygen atoms in total. The maximum Gasteiger partial charge on any atom is 0.141 e. The monoisotopic (exact) mass is 278 g/mol. The van der Waals surface area contributed by atoms with E-state index in [4.69, 9.17) is 4.74 Å². The predicted octanol–water partition coefficient (Wildman–Crippen LogP) is 3.22. The minimum atomic E-state index is -0.421. The molecule has 1 heterocycles. The zero-order valence-electron chi connectivity index (χ0n) is 11.4. The zero-order valence-corrected chi connectivity index (χ0v) is 11.4. The summed E-state index contributed by atoms with van der Waals surface area (Å²) in [7, 11) is 1.77. The number of rotatable bonds is 5. The maximum absolute atomic E-state index is 13.9. The number of ether oxygens (including phenoxy) is 1. The molecule has 1 aromatic heterocycles. The third-order valence-corrected chi connectivity index (χ3v) is 3.04. The number of benzene rings is 1. The van der Waals surface area contributed by atoms with E-state index in [1.165, 1.54) is 18.3 Å². The lowest BCUT2D eigenvalue weighted by atomic mass is 10.1. The third-order valence-electron chi connectivity index (χ3n) is 3.04.